The Hall–Kier alpha value is -0.560. The number of hydrogen-bond acceptors (Lipinski definition) is 0. The molecule has 0 aliphatic heterocycles. The van der Waals surface area contributed by atoms with E-state index in [0.717, 1.165) is 12.0 Å². The first-order valence-corrected chi connectivity index (χ1v) is 6.92. The van der Waals surface area contributed by atoms with Gasteiger partial charge in [0.25, 0.3) is 0 Å². The van der Waals surface area contributed by atoms with Crippen LogP contribution in [0.1, 0.15) is 44.6 Å². The number of rotatable bonds is 3. The van der Waals surface area contributed by atoms with Gasteiger partial charge in [-0.2, -0.15) is 0 Å². The minimum absolute atomic E-state index is 0.160. The van der Waals surface area contributed by atoms with E-state index >= 15 is 0 Å². The fourth-order valence-electron chi connectivity index (χ4n) is 2.75. The normalized spacial score (nSPS) is 21.1. The van der Waals surface area contributed by atoms with Crippen molar-refractivity contribution in [3.05, 3.63) is 35.6 Å². The van der Waals surface area contributed by atoms with Crippen LogP contribution in [0.15, 0.2) is 24.3 Å². The van der Waals surface area contributed by atoms with Crippen LogP contribution in [0.5, 0.6) is 0 Å². The Morgan fingerprint density at radius 2 is 1.76 bits per heavy atom. The lowest BCUT2D eigenvalue weighted by Gasteiger charge is -2.37. The smallest absolute Gasteiger partial charge is 0.123 e. The molecule has 1 aromatic carbocycles. The molecule has 0 amide bonds. The predicted octanol–water partition coefficient (Wildman–Crippen LogP) is 4.95. The summed E-state index contributed by atoms with van der Waals surface area (Å²) in [5.74, 6) is -0.177. The first kappa shape index (κ1) is 12.9. The number of hydrogen-bond donors (Lipinski definition) is 0. The fraction of sp³-hybridized carbons (Fsp3) is 0.600. The topological polar surface area (TPSA) is 0 Å². The Bertz CT molecular complexity index is 352. The summed E-state index contributed by atoms with van der Waals surface area (Å²) in [5.41, 5.74) is 1.40. The molecular formula is C15H20ClF. The lowest BCUT2D eigenvalue weighted by Crippen LogP contribution is -2.32. The van der Waals surface area contributed by atoms with Crippen LogP contribution in [0.25, 0.3) is 0 Å². The maximum atomic E-state index is 12.8. The van der Waals surface area contributed by atoms with E-state index in [2.05, 4.69) is 6.92 Å². The second-order valence-electron chi connectivity index (χ2n) is 5.51. The van der Waals surface area contributed by atoms with E-state index in [-0.39, 0.29) is 16.6 Å². The molecule has 17 heavy (non-hydrogen) atoms. The number of benzene rings is 1. The van der Waals surface area contributed by atoms with Gasteiger partial charge in [0, 0.05) is 5.38 Å². The molecule has 0 saturated heterocycles. The van der Waals surface area contributed by atoms with Crippen molar-refractivity contribution in [1.82, 2.24) is 0 Å². The molecule has 2 rings (SSSR count). The highest BCUT2D eigenvalue weighted by Crippen LogP contribution is 2.42. The molecular weight excluding hydrogens is 235 g/mol. The highest BCUT2D eigenvalue weighted by Gasteiger charge is 2.34. The van der Waals surface area contributed by atoms with E-state index < -0.39 is 0 Å². The Balaban J connectivity index is 2.00. The van der Waals surface area contributed by atoms with E-state index in [0.29, 0.717) is 0 Å². The Morgan fingerprint density at radius 1 is 1.18 bits per heavy atom. The third kappa shape index (κ3) is 3.22. The van der Waals surface area contributed by atoms with Gasteiger partial charge in [-0.05, 0) is 42.4 Å². The second kappa shape index (κ2) is 5.39. The maximum Gasteiger partial charge on any atom is 0.123 e. The second-order valence-corrected chi connectivity index (χ2v) is 6.04. The molecule has 94 valence electrons. The SMILES string of the molecule is CC1(C(Cl)Cc2ccc(F)cc2)CCCCC1. The van der Waals surface area contributed by atoms with Crippen LogP contribution in [-0.4, -0.2) is 5.38 Å². The Kier molecular flexibility index (Phi) is 4.09. The molecule has 1 fully saturated rings. The zero-order chi connectivity index (χ0) is 12.3. The van der Waals surface area contributed by atoms with Gasteiger partial charge >= 0.3 is 0 Å². The number of alkyl halides is 1. The van der Waals surface area contributed by atoms with Gasteiger partial charge in [-0.25, -0.2) is 4.39 Å². The van der Waals surface area contributed by atoms with Crippen molar-refractivity contribution in [3.63, 3.8) is 0 Å². The lowest BCUT2D eigenvalue weighted by atomic mass is 9.72. The minimum atomic E-state index is -0.177. The summed E-state index contributed by atoms with van der Waals surface area (Å²) in [7, 11) is 0. The van der Waals surface area contributed by atoms with Crippen LogP contribution >= 0.6 is 11.6 Å². The molecule has 1 saturated carbocycles. The molecule has 0 N–H and O–H groups in total. The van der Waals surface area contributed by atoms with Crippen LogP contribution < -0.4 is 0 Å². The van der Waals surface area contributed by atoms with E-state index in [9.17, 15) is 4.39 Å². The summed E-state index contributed by atoms with van der Waals surface area (Å²) in [6, 6.07) is 6.72. The molecule has 1 aliphatic carbocycles. The van der Waals surface area contributed by atoms with Gasteiger partial charge < -0.3 is 0 Å². The summed E-state index contributed by atoms with van der Waals surface area (Å²) < 4.78 is 12.8. The summed E-state index contributed by atoms with van der Waals surface area (Å²) in [6.45, 7) is 2.30. The van der Waals surface area contributed by atoms with E-state index in [1.165, 1.54) is 44.2 Å². The molecule has 2 heteroatoms. The summed E-state index contributed by atoms with van der Waals surface area (Å²) in [4.78, 5) is 0. The molecule has 1 aromatic rings. The first-order valence-electron chi connectivity index (χ1n) is 6.49. The summed E-state index contributed by atoms with van der Waals surface area (Å²) in [6.07, 6.45) is 7.23. The minimum Gasteiger partial charge on any atom is -0.207 e. The van der Waals surface area contributed by atoms with Crippen molar-refractivity contribution in [1.29, 1.82) is 0 Å². The molecule has 1 atom stereocenters. The zero-order valence-corrected chi connectivity index (χ0v) is 11.1. The third-order valence-electron chi connectivity index (χ3n) is 4.08. The molecule has 0 aromatic heterocycles. The third-order valence-corrected chi connectivity index (χ3v) is 4.76. The van der Waals surface area contributed by atoms with Crippen molar-refractivity contribution >= 4 is 11.6 Å². The largest absolute Gasteiger partial charge is 0.207 e. The van der Waals surface area contributed by atoms with E-state index in [4.69, 9.17) is 11.6 Å². The standard InChI is InChI=1S/C15H20ClF/c1-15(9-3-2-4-10-15)14(16)11-12-5-7-13(17)8-6-12/h5-8,14H,2-4,9-11H2,1H3. The maximum absolute atomic E-state index is 12.8. The number of halogens is 2. The lowest BCUT2D eigenvalue weighted by molar-refractivity contribution is 0.205. The van der Waals surface area contributed by atoms with Crippen molar-refractivity contribution in [2.75, 3.05) is 0 Å². The van der Waals surface area contributed by atoms with Crippen molar-refractivity contribution in [3.8, 4) is 0 Å². The predicted molar refractivity (Wildman–Crippen MR) is 70.9 cm³/mol. The molecule has 1 unspecified atom stereocenters. The quantitative estimate of drug-likeness (QED) is 0.670. The van der Waals surface area contributed by atoms with Crippen LogP contribution in [-0.2, 0) is 6.42 Å². The van der Waals surface area contributed by atoms with E-state index in [1.807, 2.05) is 12.1 Å². The zero-order valence-electron chi connectivity index (χ0n) is 10.4. The van der Waals surface area contributed by atoms with Crippen LogP contribution in [0.2, 0.25) is 0 Å². The Morgan fingerprint density at radius 3 is 2.35 bits per heavy atom. The first-order chi connectivity index (χ1) is 8.10. The van der Waals surface area contributed by atoms with Gasteiger partial charge in [-0.1, -0.05) is 38.3 Å². The molecule has 0 bridgehead atoms. The molecule has 0 radical (unpaired) electrons. The van der Waals surface area contributed by atoms with Crippen molar-refractivity contribution in [2.45, 2.75) is 50.8 Å². The molecule has 0 heterocycles. The van der Waals surface area contributed by atoms with Crippen LogP contribution in [0.4, 0.5) is 4.39 Å². The molecule has 0 nitrogen and oxygen atoms in total. The van der Waals surface area contributed by atoms with Crippen molar-refractivity contribution in [2.24, 2.45) is 5.41 Å². The van der Waals surface area contributed by atoms with E-state index in [1.54, 1.807) is 0 Å². The average molecular weight is 255 g/mol. The molecule has 1 aliphatic rings. The monoisotopic (exact) mass is 254 g/mol. The highest BCUT2D eigenvalue weighted by atomic mass is 35.5. The van der Waals surface area contributed by atoms with Gasteiger partial charge in [0.2, 0.25) is 0 Å². The van der Waals surface area contributed by atoms with Crippen LogP contribution in [0, 0.1) is 11.2 Å². The molecule has 0 spiro atoms. The van der Waals surface area contributed by atoms with Gasteiger partial charge in [0.15, 0.2) is 0 Å². The van der Waals surface area contributed by atoms with Gasteiger partial charge in [0.1, 0.15) is 5.82 Å². The Labute approximate surface area is 108 Å². The van der Waals surface area contributed by atoms with Gasteiger partial charge in [-0.3, -0.25) is 0 Å². The van der Waals surface area contributed by atoms with Gasteiger partial charge in [-0.15, -0.1) is 11.6 Å². The highest BCUT2D eigenvalue weighted by molar-refractivity contribution is 6.21. The van der Waals surface area contributed by atoms with Crippen LogP contribution in [0.3, 0.4) is 0 Å². The summed E-state index contributed by atoms with van der Waals surface area (Å²) in [5, 5.41) is 0.160. The average Bonchev–Trinajstić information content (AvgIpc) is 2.33. The summed E-state index contributed by atoms with van der Waals surface area (Å²) >= 11 is 6.58. The van der Waals surface area contributed by atoms with Gasteiger partial charge in [0.05, 0.1) is 0 Å². The fourth-order valence-corrected chi connectivity index (χ4v) is 3.14. The van der Waals surface area contributed by atoms with Crippen molar-refractivity contribution < 1.29 is 4.39 Å².